The van der Waals surface area contributed by atoms with E-state index >= 15 is 0 Å². The lowest BCUT2D eigenvalue weighted by Gasteiger charge is -2.10. The number of amides is 3. The first-order valence-corrected chi connectivity index (χ1v) is 7.03. The van der Waals surface area contributed by atoms with Crippen molar-refractivity contribution in [3.05, 3.63) is 58.9 Å². The van der Waals surface area contributed by atoms with Gasteiger partial charge in [0.2, 0.25) is 0 Å². The van der Waals surface area contributed by atoms with Gasteiger partial charge in [-0.15, -0.1) is 0 Å². The Balaban J connectivity index is 1.91. The fourth-order valence-electron chi connectivity index (χ4n) is 2.50. The highest BCUT2D eigenvalue weighted by Gasteiger charge is 2.32. The average Bonchev–Trinajstić information content (AvgIpc) is 2.79. The molecule has 2 aromatic carbocycles. The van der Waals surface area contributed by atoms with E-state index in [9.17, 15) is 18.8 Å². The van der Waals surface area contributed by atoms with Crippen LogP contribution >= 0.6 is 0 Å². The molecule has 24 heavy (non-hydrogen) atoms. The van der Waals surface area contributed by atoms with Crippen LogP contribution in [-0.2, 0) is 0 Å². The first-order valence-electron chi connectivity index (χ1n) is 7.03. The van der Waals surface area contributed by atoms with Gasteiger partial charge in [-0.1, -0.05) is 0 Å². The molecular formula is C17H13FN2O4. The van der Waals surface area contributed by atoms with Crippen molar-refractivity contribution in [3.8, 4) is 5.75 Å². The Morgan fingerprint density at radius 2 is 1.79 bits per heavy atom. The molecule has 2 aromatic rings. The van der Waals surface area contributed by atoms with E-state index in [1.165, 1.54) is 44.5 Å². The minimum Gasteiger partial charge on any atom is -0.496 e. The van der Waals surface area contributed by atoms with Crippen molar-refractivity contribution in [2.75, 3.05) is 19.5 Å². The molecule has 0 saturated carbocycles. The molecule has 0 saturated heterocycles. The van der Waals surface area contributed by atoms with Crippen LogP contribution in [0.25, 0.3) is 0 Å². The second kappa shape index (κ2) is 5.77. The summed E-state index contributed by atoms with van der Waals surface area (Å²) in [4.78, 5) is 37.2. The van der Waals surface area contributed by atoms with Crippen molar-refractivity contribution in [3.63, 3.8) is 0 Å². The average molecular weight is 328 g/mol. The number of carbonyl (C=O) groups excluding carboxylic acids is 3. The van der Waals surface area contributed by atoms with Crippen LogP contribution < -0.4 is 10.1 Å². The quantitative estimate of drug-likeness (QED) is 0.877. The van der Waals surface area contributed by atoms with Crippen LogP contribution in [0.5, 0.6) is 5.75 Å². The van der Waals surface area contributed by atoms with Gasteiger partial charge < -0.3 is 10.1 Å². The molecule has 6 nitrogen and oxygen atoms in total. The number of nitrogens with one attached hydrogen (secondary N) is 1. The molecule has 0 radical (unpaired) electrons. The minimum absolute atomic E-state index is 0.0255. The minimum atomic E-state index is -0.587. The SMILES string of the molecule is COc1ccc(F)cc1C(=O)Nc1ccc2c(c1)C(=O)N(C)C2=O. The Morgan fingerprint density at radius 3 is 2.50 bits per heavy atom. The summed E-state index contributed by atoms with van der Waals surface area (Å²) in [6, 6.07) is 7.99. The van der Waals surface area contributed by atoms with E-state index in [0.717, 1.165) is 11.0 Å². The Hall–Kier alpha value is -3.22. The standard InChI is InChI=1S/C17H13FN2O4/c1-20-16(22)11-5-4-10(8-12(11)17(20)23)19-15(21)13-7-9(18)3-6-14(13)24-2/h3-8H,1-2H3,(H,19,21). The van der Waals surface area contributed by atoms with Gasteiger partial charge in [0.25, 0.3) is 17.7 Å². The Morgan fingerprint density at radius 1 is 1.08 bits per heavy atom. The number of rotatable bonds is 3. The molecule has 0 aromatic heterocycles. The maximum Gasteiger partial charge on any atom is 0.261 e. The van der Waals surface area contributed by atoms with E-state index in [2.05, 4.69) is 5.32 Å². The molecule has 7 heteroatoms. The molecule has 1 aliphatic rings. The molecule has 0 unspecified atom stereocenters. The van der Waals surface area contributed by atoms with Gasteiger partial charge in [-0.2, -0.15) is 0 Å². The van der Waals surface area contributed by atoms with Crippen molar-refractivity contribution < 1.29 is 23.5 Å². The topological polar surface area (TPSA) is 75.7 Å². The monoisotopic (exact) mass is 328 g/mol. The molecule has 0 atom stereocenters. The van der Waals surface area contributed by atoms with Crippen molar-refractivity contribution in [1.29, 1.82) is 0 Å². The van der Waals surface area contributed by atoms with Crippen LogP contribution in [0.1, 0.15) is 31.1 Å². The van der Waals surface area contributed by atoms with Crippen LogP contribution in [-0.4, -0.2) is 36.8 Å². The summed E-state index contributed by atoms with van der Waals surface area (Å²) in [7, 11) is 2.76. The van der Waals surface area contributed by atoms with Gasteiger partial charge in [0.15, 0.2) is 0 Å². The number of imide groups is 1. The van der Waals surface area contributed by atoms with Gasteiger partial charge in [0.1, 0.15) is 11.6 Å². The Labute approximate surface area is 136 Å². The fraction of sp³-hybridized carbons (Fsp3) is 0.118. The molecule has 0 fully saturated rings. The normalized spacial score (nSPS) is 13.0. The fourth-order valence-corrected chi connectivity index (χ4v) is 2.50. The zero-order valence-electron chi connectivity index (χ0n) is 12.9. The first-order chi connectivity index (χ1) is 11.4. The largest absolute Gasteiger partial charge is 0.496 e. The predicted octanol–water partition coefficient (Wildman–Crippen LogP) is 2.31. The maximum atomic E-state index is 13.4. The zero-order chi connectivity index (χ0) is 17.4. The third-order valence-electron chi connectivity index (χ3n) is 3.75. The summed E-state index contributed by atoms with van der Waals surface area (Å²) in [6.45, 7) is 0. The summed E-state index contributed by atoms with van der Waals surface area (Å²) in [6.07, 6.45) is 0. The van der Waals surface area contributed by atoms with Gasteiger partial charge in [0.05, 0.1) is 23.8 Å². The number of anilines is 1. The second-order valence-corrected chi connectivity index (χ2v) is 5.23. The van der Waals surface area contributed by atoms with Crippen LogP contribution in [0.3, 0.4) is 0 Å². The molecule has 3 rings (SSSR count). The van der Waals surface area contributed by atoms with Crippen LogP contribution in [0.2, 0.25) is 0 Å². The van der Waals surface area contributed by atoms with Crippen LogP contribution in [0.15, 0.2) is 36.4 Å². The van der Waals surface area contributed by atoms with E-state index in [-0.39, 0.29) is 28.3 Å². The van der Waals surface area contributed by atoms with E-state index in [1.807, 2.05) is 0 Å². The number of benzene rings is 2. The first kappa shape index (κ1) is 15.7. The van der Waals surface area contributed by atoms with Gasteiger partial charge in [-0.05, 0) is 36.4 Å². The summed E-state index contributed by atoms with van der Waals surface area (Å²) < 4.78 is 18.4. The number of hydrogen-bond donors (Lipinski definition) is 1. The molecule has 3 amide bonds. The zero-order valence-corrected chi connectivity index (χ0v) is 12.9. The highest BCUT2D eigenvalue weighted by molar-refractivity contribution is 6.21. The van der Waals surface area contributed by atoms with Crippen LogP contribution in [0.4, 0.5) is 10.1 Å². The number of hydrogen-bond acceptors (Lipinski definition) is 4. The lowest BCUT2D eigenvalue weighted by Crippen LogP contribution is -2.24. The molecule has 1 N–H and O–H groups in total. The molecule has 1 aliphatic heterocycles. The molecule has 0 aliphatic carbocycles. The van der Waals surface area contributed by atoms with Crippen molar-refractivity contribution in [1.82, 2.24) is 4.90 Å². The Bertz CT molecular complexity index is 879. The maximum absolute atomic E-state index is 13.4. The smallest absolute Gasteiger partial charge is 0.261 e. The van der Waals surface area contributed by atoms with Gasteiger partial charge >= 0.3 is 0 Å². The molecule has 0 spiro atoms. The van der Waals surface area contributed by atoms with E-state index < -0.39 is 17.6 Å². The number of methoxy groups -OCH3 is 1. The van der Waals surface area contributed by atoms with Crippen LogP contribution in [0, 0.1) is 5.82 Å². The van der Waals surface area contributed by atoms with E-state index in [1.54, 1.807) is 0 Å². The number of halogens is 1. The number of nitrogens with zero attached hydrogens (tertiary/aromatic N) is 1. The Kier molecular flexibility index (Phi) is 3.76. The highest BCUT2D eigenvalue weighted by atomic mass is 19.1. The predicted molar refractivity (Wildman–Crippen MR) is 83.8 cm³/mol. The van der Waals surface area contributed by atoms with Gasteiger partial charge in [0, 0.05) is 12.7 Å². The number of carbonyl (C=O) groups is 3. The lowest BCUT2D eigenvalue weighted by atomic mass is 10.1. The van der Waals surface area contributed by atoms with Gasteiger partial charge in [-0.3, -0.25) is 19.3 Å². The molecule has 122 valence electrons. The highest BCUT2D eigenvalue weighted by Crippen LogP contribution is 2.26. The number of ether oxygens (including phenoxy) is 1. The van der Waals surface area contributed by atoms with Crippen molar-refractivity contribution in [2.45, 2.75) is 0 Å². The van der Waals surface area contributed by atoms with E-state index in [0.29, 0.717) is 5.69 Å². The lowest BCUT2D eigenvalue weighted by molar-refractivity contribution is 0.0692. The third-order valence-corrected chi connectivity index (χ3v) is 3.75. The molecular weight excluding hydrogens is 315 g/mol. The summed E-state index contributed by atoms with van der Waals surface area (Å²) in [5, 5.41) is 2.57. The third kappa shape index (κ3) is 2.50. The molecule has 1 heterocycles. The summed E-state index contributed by atoms with van der Waals surface area (Å²) in [5.74, 6) is -1.76. The van der Waals surface area contributed by atoms with Crippen molar-refractivity contribution >= 4 is 23.4 Å². The van der Waals surface area contributed by atoms with Crippen molar-refractivity contribution in [2.24, 2.45) is 0 Å². The summed E-state index contributed by atoms with van der Waals surface area (Å²) in [5.41, 5.74) is 0.842. The van der Waals surface area contributed by atoms with E-state index in [4.69, 9.17) is 4.74 Å². The summed E-state index contributed by atoms with van der Waals surface area (Å²) >= 11 is 0. The van der Waals surface area contributed by atoms with Gasteiger partial charge in [-0.25, -0.2) is 4.39 Å². The number of fused-ring (bicyclic) bond motifs is 1. The second-order valence-electron chi connectivity index (χ2n) is 5.23. The molecule has 0 bridgehead atoms.